The zero-order valence-electron chi connectivity index (χ0n) is 5.72. The molecule has 0 radical (unpaired) electrons. The van der Waals surface area contributed by atoms with E-state index >= 15 is 0 Å². The Morgan fingerprint density at radius 3 is 2.80 bits per heavy atom. The molecule has 0 fully saturated rings. The van der Waals surface area contributed by atoms with Crippen LogP contribution in [0.4, 0.5) is 0 Å². The van der Waals surface area contributed by atoms with Gasteiger partial charge in [0, 0.05) is 6.42 Å². The molecule has 0 saturated heterocycles. The van der Waals surface area contributed by atoms with E-state index in [9.17, 15) is 0 Å². The highest BCUT2D eigenvalue weighted by molar-refractivity contribution is 9.10. The van der Waals surface area contributed by atoms with Crippen LogP contribution in [-0.4, -0.2) is 5.75 Å². The fourth-order valence-corrected chi connectivity index (χ4v) is 1.57. The summed E-state index contributed by atoms with van der Waals surface area (Å²) in [4.78, 5) is 0. The van der Waals surface area contributed by atoms with Crippen LogP contribution in [0.5, 0.6) is 0 Å². The first kappa shape index (κ1) is 8.21. The van der Waals surface area contributed by atoms with Gasteiger partial charge in [-0.15, -0.1) is 0 Å². The molecule has 0 N–H and O–H groups in total. The molecule has 0 aliphatic heterocycles. The first-order valence-corrected chi connectivity index (χ1v) is 4.52. The second kappa shape index (κ2) is 3.49. The largest absolute Gasteiger partial charge is 0.454 e. The van der Waals surface area contributed by atoms with E-state index in [1.54, 1.807) is 0 Å². The summed E-state index contributed by atoms with van der Waals surface area (Å²) in [6.45, 7) is 2.03. The summed E-state index contributed by atoms with van der Waals surface area (Å²) < 4.78 is 6.13. The molecule has 0 aromatic carbocycles. The lowest BCUT2D eigenvalue weighted by atomic mass is 10.2. The van der Waals surface area contributed by atoms with Gasteiger partial charge in [0.1, 0.15) is 5.76 Å². The first-order chi connectivity index (χ1) is 4.74. The van der Waals surface area contributed by atoms with Crippen LogP contribution in [0.2, 0.25) is 0 Å². The van der Waals surface area contributed by atoms with Gasteiger partial charge in [-0.1, -0.05) is 0 Å². The van der Waals surface area contributed by atoms with E-state index in [0.717, 1.165) is 22.6 Å². The topological polar surface area (TPSA) is 13.1 Å². The summed E-state index contributed by atoms with van der Waals surface area (Å²) >= 11 is 7.37. The van der Waals surface area contributed by atoms with Gasteiger partial charge in [0.15, 0.2) is 4.67 Å². The minimum Gasteiger partial charge on any atom is -0.454 e. The average Bonchev–Trinajstić information content (AvgIpc) is 2.13. The Labute approximate surface area is 74.3 Å². The van der Waals surface area contributed by atoms with Crippen LogP contribution in [0, 0.1) is 6.92 Å². The summed E-state index contributed by atoms with van der Waals surface area (Å²) in [7, 11) is 0. The fraction of sp³-hybridized carbons (Fsp3) is 0.429. The molecule has 1 nitrogen and oxygen atoms in total. The van der Waals surface area contributed by atoms with Crippen molar-refractivity contribution in [2.45, 2.75) is 13.3 Å². The molecule has 0 amide bonds. The van der Waals surface area contributed by atoms with E-state index in [1.807, 2.05) is 13.0 Å². The molecular weight excluding hydrogens is 212 g/mol. The van der Waals surface area contributed by atoms with Gasteiger partial charge < -0.3 is 4.42 Å². The molecule has 1 aromatic rings. The lowest BCUT2D eigenvalue weighted by Gasteiger charge is -1.91. The van der Waals surface area contributed by atoms with E-state index in [1.165, 1.54) is 5.56 Å². The van der Waals surface area contributed by atoms with E-state index in [-0.39, 0.29) is 0 Å². The molecule has 1 heterocycles. The molecule has 0 unspecified atom stereocenters. The minimum atomic E-state index is 0.807. The van der Waals surface area contributed by atoms with Crippen molar-refractivity contribution in [1.29, 1.82) is 0 Å². The van der Waals surface area contributed by atoms with Crippen molar-refractivity contribution < 1.29 is 4.42 Å². The Kier molecular flexibility index (Phi) is 2.86. The van der Waals surface area contributed by atoms with Gasteiger partial charge in [-0.25, -0.2) is 0 Å². The van der Waals surface area contributed by atoms with Crippen molar-refractivity contribution >= 4 is 28.6 Å². The maximum atomic E-state index is 5.32. The molecule has 0 saturated carbocycles. The molecule has 0 aliphatic rings. The molecular formula is C7H9BrOS. The Balaban J connectivity index is 2.81. The number of thiol groups is 1. The summed E-state index contributed by atoms with van der Waals surface area (Å²) in [5, 5.41) is 0. The van der Waals surface area contributed by atoms with Crippen LogP contribution < -0.4 is 0 Å². The molecule has 0 aliphatic carbocycles. The quantitative estimate of drug-likeness (QED) is 0.758. The van der Waals surface area contributed by atoms with Gasteiger partial charge in [-0.2, -0.15) is 12.6 Å². The van der Waals surface area contributed by atoms with E-state index in [2.05, 4.69) is 28.6 Å². The number of rotatable bonds is 2. The molecule has 0 bridgehead atoms. The number of hydrogen-bond donors (Lipinski definition) is 1. The summed E-state index contributed by atoms with van der Waals surface area (Å²) in [5.41, 5.74) is 1.20. The number of halogens is 1. The van der Waals surface area contributed by atoms with Crippen molar-refractivity contribution in [2.24, 2.45) is 0 Å². The smallest absolute Gasteiger partial charge is 0.169 e. The van der Waals surface area contributed by atoms with Crippen LogP contribution in [0.25, 0.3) is 0 Å². The fourth-order valence-electron chi connectivity index (χ4n) is 0.828. The van der Waals surface area contributed by atoms with Crippen molar-refractivity contribution in [3.8, 4) is 0 Å². The lowest BCUT2D eigenvalue weighted by molar-refractivity contribution is 0.492. The molecule has 1 aromatic heterocycles. The summed E-state index contributed by atoms with van der Waals surface area (Å²) in [6, 6.07) is 1.97. The molecule has 1 rings (SSSR count). The van der Waals surface area contributed by atoms with Crippen molar-refractivity contribution in [2.75, 3.05) is 5.75 Å². The van der Waals surface area contributed by atoms with Gasteiger partial charge in [-0.05, 0) is 40.2 Å². The normalized spacial score (nSPS) is 10.3. The third-order valence-corrected chi connectivity index (χ3v) is 1.94. The van der Waals surface area contributed by atoms with Gasteiger partial charge >= 0.3 is 0 Å². The van der Waals surface area contributed by atoms with Crippen LogP contribution in [-0.2, 0) is 6.42 Å². The average molecular weight is 221 g/mol. The number of hydrogen-bond acceptors (Lipinski definition) is 2. The van der Waals surface area contributed by atoms with Gasteiger partial charge in [0.25, 0.3) is 0 Å². The molecule has 0 atom stereocenters. The second-order valence-electron chi connectivity index (χ2n) is 2.13. The van der Waals surface area contributed by atoms with Gasteiger partial charge in [-0.3, -0.25) is 0 Å². The molecule has 3 heteroatoms. The minimum absolute atomic E-state index is 0.807. The summed E-state index contributed by atoms with van der Waals surface area (Å²) in [6.07, 6.45) is 0.903. The van der Waals surface area contributed by atoms with Crippen LogP contribution in [0.15, 0.2) is 15.2 Å². The zero-order chi connectivity index (χ0) is 7.56. The van der Waals surface area contributed by atoms with Gasteiger partial charge in [0.2, 0.25) is 0 Å². The Morgan fingerprint density at radius 2 is 2.40 bits per heavy atom. The van der Waals surface area contributed by atoms with Crippen molar-refractivity contribution in [1.82, 2.24) is 0 Å². The van der Waals surface area contributed by atoms with Crippen molar-refractivity contribution in [3.63, 3.8) is 0 Å². The predicted molar refractivity (Wildman–Crippen MR) is 48.7 cm³/mol. The highest BCUT2D eigenvalue weighted by Gasteiger charge is 2.03. The maximum Gasteiger partial charge on any atom is 0.169 e. The zero-order valence-corrected chi connectivity index (χ0v) is 8.21. The Bertz CT molecular complexity index is 219. The monoisotopic (exact) mass is 220 g/mol. The number of aryl methyl sites for hydroxylation is 2. The van der Waals surface area contributed by atoms with Crippen LogP contribution >= 0.6 is 28.6 Å². The first-order valence-electron chi connectivity index (χ1n) is 3.09. The highest BCUT2D eigenvalue weighted by Crippen LogP contribution is 2.19. The third-order valence-electron chi connectivity index (χ3n) is 1.33. The lowest BCUT2D eigenvalue weighted by Crippen LogP contribution is -1.83. The standard InChI is InChI=1S/C7H9BrOS/c1-5-4-7(8)9-6(5)2-3-10/h4,10H,2-3H2,1H3. The van der Waals surface area contributed by atoms with Crippen molar-refractivity contribution in [3.05, 3.63) is 22.1 Å². The second-order valence-corrected chi connectivity index (χ2v) is 3.36. The Hall–Kier alpha value is 0.110. The third kappa shape index (κ3) is 1.80. The predicted octanol–water partition coefficient (Wildman–Crippen LogP) is 2.82. The maximum absolute atomic E-state index is 5.32. The van der Waals surface area contributed by atoms with E-state index in [4.69, 9.17) is 4.42 Å². The molecule has 56 valence electrons. The SMILES string of the molecule is Cc1cc(Br)oc1CCS. The Morgan fingerprint density at radius 1 is 1.70 bits per heavy atom. The number of furan rings is 1. The van der Waals surface area contributed by atoms with Crippen LogP contribution in [0.3, 0.4) is 0 Å². The highest BCUT2D eigenvalue weighted by atomic mass is 79.9. The molecule has 10 heavy (non-hydrogen) atoms. The van der Waals surface area contributed by atoms with E-state index in [0.29, 0.717) is 0 Å². The van der Waals surface area contributed by atoms with Gasteiger partial charge in [0.05, 0.1) is 0 Å². The van der Waals surface area contributed by atoms with E-state index < -0.39 is 0 Å². The molecule has 0 spiro atoms. The van der Waals surface area contributed by atoms with Crippen LogP contribution in [0.1, 0.15) is 11.3 Å². The summed E-state index contributed by atoms with van der Waals surface area (Å²) in [5.74, 6) is 1.86.